The summed E-state index contributed by atoms with van der Waals surface area (Å²) < 4.78 is 11.2. The van der Waals surface area contributed by atoms with Gasteiger partial charge in [-0.05, 0) is 24.3 Å². The smallest absolute Gasteiger partial charge is 0.142 e. The van der Waals surface area contributed by atoms with E-state index in [4.69, 9.17) is 20.9 Å². The number of para-hydroxylation sites is 4. The summed E-state index contributed by atoms with van der Waals surface area (Å²) in [5, 5.41) is 0. The highest BCUT2D eigenvalue weighted by Crippen LogP contribution is 2.21. The molecule has 0 aliphatic rings. The van der Waals surface area contributed by atoms with Crippen LogP contribution in [-0.4, -0.2) is 24.7 Å². The van der Waals surface area contributed by atoms with Crippen LogP contribution in [-0.2, 0) is 0 Å². The molecule has 4 nitrogen and oxygen atoms in total. The zero-order chi connectivity index (χ0) is 14.9. The summed E-state index contributed by atoms with van der Waals surface area (Å²) in [5.74, 6) is 3.27. The molecule has 2 aromatic rings. The lowest BCUT2D eigenvalue weighted by Gasteiger charge is -2.09. The van der Waals surface area contributed by atoms with Gasteiger partial charge < -0.3 is 20.9 Å². The average molecular weight is 304 g/mol. The molecule has 2 aromatic carbocycles. The summed E-state index contributed by atoms with van der Waals surface area (Å²) in [7, 11) is 0. The predicted octanol–water partition coefficient (Wildman–Crippen LogP) is 3.04. The number of hydrogen-bond donors (Lipinski definition) is 2. The van der Waals surface area contributed by atoms with E-state index in [0.717, 1.165) is 23.0 Å². The van der Waals surface area contributed by atoms with E-state index in [9.17, 15) is 0 Å². The Labute approximate surface area is 129 Å². The molecule has 4 N–H and O–H groups in total. The van der Waals surface area contributed by atoms with Gasteiger partial charge in [0, 0.05) is 11.5 Å². The van der Waals surface area contributed by atoms with Crippen molar-refractivity contribution in [1.82, 2.24) is 0 Å². The lowest BCUT2D eigenvalue weighted by Crippen LogP contribution is -2.06. The molecular formula is C16H20N2O2S. The Hall–Kier alpha value is -2.01. The molecule has 0 spiro atoms. The monoisotopic (exact) mass is 304 g/mol. The van der Waals surface area contributed by atoms with Crippen LogP contribution >= 0.6 is 11.8 Å². The van der Waals surface area contributed by atoms with Crippen LogP contribution in [0, 0.1) is 0 Å². The summed E-state index contributed by atoms with van der Waals surface area (Å²) >= 11 is 1.77. The van der Waals surface area contributed by atoms with E-state index < -0.39 is 0 Å². The highest BCUT2D eigenvalue weighted by atomic mass is 32.2. The van der Waals surface area contributed by atoms with Crippen molar-refractivity contribution < 1.29 is 9.47 Å². The number of thioether (sulfide) groups is 1. The van der Waals surface area contributed by atoms with Crippen molar-refractivity contribution in [3.8, 4) is 11.5 Å². The van der Waals surface area contributed by atoms with Gasteiger partial charge in [0.15, 0.2) is 0 Å². The number of nitrogens with two attached hydrogens (primary N) is 2. The molecular weight excluding hydrogens is 284 g/mol. The maximum atomic E-state index is 5.80. The standard InChI is InChI=1S/C16H20N2O2S/c17-13-5-1-3-7-15(13)19-9-11-21-12-10-20-16-8-4-2-6-14(16)18/h1-8H,9-12,17-18H2. The zero-order valence-corrected chi connectivity index (χ0v) is 12.6. The third-order valence-corrected chi connectivity index (χ3v) is 3.72. The van der Waals surface area contributed by atoms with E-state index in [-0.39, 0.29) is 0 Å². The quantitative estimate of drug-likeness (QED) is 0.579. The maximum absolute atomic E-state index is 5.80. The molecule has 0 aliphatic heterocycles. The van der Waals surface area contributed by atoms with Gasteiger partial charge in [0.2, 0.25) is 0 Å². The first-order valence-electron chi connectivity index (χ1n) is 6.79. The van der Waals surface area contributed by atoms with Crippen molar-refractivity contribution in [3.63, 3.8) is 0 Å². The summed E-state index contributed by atoms with van der Waals surface area (Å²) in [5.41, 5.74) is 12.9. The van der Waals surface area contributed by atoms with Gasteiger partial charge in [-0.25, -0.2) is 0 Å². The summed E-state index contributed by atoms with van der Waals surface area (Å²) in [6.07, 6.45) is 0. The van der Waals surface area contributed by atoms with Crippen LogP contribution in [0.15, 0.2) is 48.5 Å². The zero-order valence-electron chi connectivity index (χ0n) is 11.8. The van der Waals surface area contributed by atoms with E-state index in [1.165, 1.54) is 0 Å². The van der Waals surface area contributed by atoms with Crippen LogP contribution in [0.2, 0.25) is 0 Å². The van der Waals surface area contributed by atoms with Gasteiger partial charge >= 0.3 is 0 Å². The van der Waals surface area contributed by atoms with Crippen LogP contribution in [0.1, 0.15) is 0 Å². The van der Waals surface area contributed by atoms with Crippen molar-refractivity contribution in [2.45, 2.75) is 0 Å². The largest absolute Gasteiger partial charge is 0.491 e. The summed E-state index contributed by atoms with van der Waals surface area (Å²) in [6.45, 7) is 1.26. The predicted molar refractivity (Wildman–Crippen MR) is 90.0 cm³/mol. The number of benzene rings is 2. The Morgan fingerprint density at radius 2 is 1.14 bits per heavy atom. The van der Waals surface area contributed by atoms with Gasteiger partial charge in [-0.1, -0.05) is 24.3 Å². The number of rotatable bonds is 8. The molecule has 0 aromatic heterocycles. The normalized spacial score (nSPS) is 10.3. The minimum absolute atomic E-state index is 0.631. The fourth-order valence-electron chi connectivity index (χ4n) is 1.75. The second kappa shape index (κ2) is 8.32. The van der Waals surface area contributed by atoms with Crippen molar-refractivity contribution in [2.24, 2.45) is 0 Å². The Morgan fingerprint density at radius 3 is 1.57 bits per heavy atom. The lowest BCUT2D eigenvalue weighted by atomic mass is 10.3. The highest BCUT2D eigenvalue weighted by Gasteiger charge is 2.00. The van der Waals surface area contributed by atoms with E-state index in [2.05, 4.69) is 0 Å². The number of nitrogen functional groups attached to an aromatic ring is 2. The number of anilines is 2. The third-order valence-electron chi connectivity index (χ3n) is 2.81. The van der Waals surface area contributed by atoms with E-state index >= 15 is 0 Å². The third kappa shape index (κ3) is 5.11. The molecule has 0 saturated carbocycles. The van der Waals surface area contributed by atoms with Crippen LogP contribution in [0.3, 0.4) is 0 Å². The fourth-order valence-corrected chi connectivity index (χ4v) is 2.35. The van der Waals surface area contributed by atoms with Crippen LogP contribution in [0.5, 0.6) is 11.5 Å². The van der Waals surface area contributed by atoms with Crippen molar-refractivity contribution in [1.29, 1.82) is 0 Å². The number of hydrogen-bond acceptors (Lipinski definition) is 5. The minimum Gasteiger partial charge on any atom is -0.491 e. The molecule has 21 heavy (non-hydrogen) atoms. The molecule has 2 rings (SSSR count). The van der Waals surface area contributed by atoms with Crippen molar-refractivity contribution in [2.75, 3.05) is 36.2 Å². The molecule has 5 heteroatoms. The van der Waals surface area contributed by atoms with E-state index in [1.807, 2.05) is 48.5 Å². The van der Waals surface area contributed by atoms with Gasteiger partial charge in [-0.2, -0.15) is 11.8 Å². The second-order valence-corrected chi connectivity index (χ2v) is 5.61. The second-order valence-electron chi connectivity index (χ2n) is 4.38. The number of ether oxygens (including phenoxy) is 2. The molecule has 0 amide bonds. The van der Waals surface area contributed by atoms with Crippen molar-refractivity contribution in [3.05, 3.63) is 48.5 Å². The van der Waals surface area contributed by atoms with Crippen LogP contribution in [0.25, 0.3) is 0 Å². The molecule has 0 heterocycles. The molecule has 0 saturated heterocycles. The molecule has 0 unspecified atom stereocenters. The Bertz CT molecular complexity index is 514. The SMILES string of the molecule is Nc1ccccc1OCCSCCOc1ccccc1N. The maximum Gasteiger partial charge on any atom is 0.142 e. The lowest BCUT2D eigenvalue weighted by molar-refractivity contribution is 0.341. The van der Waals surface area contributed by atoms with Gasteiger partial charge in [0.25, 0.3) is 0 Å². The first-order chi connectivity index (χ1) is 10.3. The fraction of sp³-hybridized carbons (Fsp3) is 0.250. The van der Waals surface area contributed by atoms with E-state index in [0.29, 0.717) is 24.6 Å². The van der Waals surface area contributed by atoms with Gasteiger partial charge in [0.1, 0.15) is 11.5 Å². The van der Waals surface area contributed by atoms with Gasteiger partial charge in [0.05, 0.1) is 24.6 Å². The van der Waals surface area contributed by atoms with Crippen molar-refractivity contribution >= 4 is 23.1 Å². The van der Waals surface area contributed by atoms with Crippen LogP contribution < -0.4 is 20.9 Å². The molecule has 0 fully saturated rings. The summed E-state index contributed by atoms with van der Waals surface area (Å²) in [6, 6.07) is 15.0. The molecule has 0 radical (unpaired) electrons. The Balaban J connectivity index is 1.57. The van der Waals surface area contributed by atoms with Crippen LogP contribution in [0.4, 0.5) is 11.4 Å². The van der Waals surface area contributed by atoms with Gasteiger partial charge in [-0.3, -0.25) is 0 Å². The molecule has 112 valence electrons. The molecule has 0 bridgehead atoms. The highest BCUT2D eigenvalue weighted by molar-refractivity contribution is 7.99. The average Bonchev–Trinajstić information content (AvgIpc) is 2.50. The first-order valence-corrected chi connectivity index (χ1v) is 7.95. The topological polar surface area (TPSA) is 70.5 Å². The van der Waals surface area contributed by atoms with E-state index in [1.54, 1.807) is 11.8 Å². The molecule has 0 aliphatic carbocycles. The van der Waals surface area contributed by atoms with Gasteiger partial charge in [-0.15, -0.1) is 0 Å². The Morgan fingerprint density at radius 1 is 0.714 bits per heavy atom. The molecule has 0 atom stereocenters. The Kier molecular flexibility index (Phi) is 6.09. The summed E-state index contributed by atoms with van der Waals surface area (Å²) in [4.78, 5) is 0. The minimum atomic E-state index is 0.631. The first kappa shape index (κ1) is 15.4.